The lowest BCUT2D eigenvalue weighted by Gasteiger charge is -2.39. The number of thioether (sulfide) groups is 1. The second kappa shape index (κ2) is 16.6. The highest BCUT2D eigenvalue weighted by molar-refractivity contribution is 8.00. The summed E-state index contributed by atoms with van der Waals surface area (Å²) in [5.41, 5.74) is 9.84. The van der Waals surface area contributed by atoms with Gasteiger partial charge in [0.2, 0.25) is 11.8 Å². The van der Waals surface area contributed by atoms with Gasteiger partial charge in [0.25, 0.3) is 0 Å². The van der Waals surface area contributed by atoms with E-state index in [0.29, 0.717) is 25.7 Å². The molecular formula is C25H46N2O3S. The normalized spacial score (nSPS) is 22.6. The van der Waals surface area contributed by atoms with E-state index in [0.717, 1.165) is 12.8 Å². The van der Waals surface area contributed by atoms with Gasteiger partial charge < -0.3 is 16.6 Å². The highest BCUT2D eigenvalue weighted by Gasteiger charge is 2.40. The Morgan fingerprint density at radius 1 is 0.968 bits per heavy atom. The van der Waals surface area contributed by atoms with Crippen LogP contribution in [0.5, 0.6) is 0 Å². The van der Waals surface area contributed by atoms with E-state index >= 15 is 0 Å². The molecule has 5 N–H and O–H groups in total. The average Bonchev–Trinajstić information content (AvgIpc) is 2.73. The van der Waals surface area contributed by atoms with Crippen LogP contribution in [0.3, 0.4) is 0 Å². The molecule has 0 aliphatic heterocycles. The van der Waals surface area contributed by atoms with Gasteiger partial charge in [0.1, 0.15) is 0 Å². The zero-order valence-electron chi connectivity index (χ0n) is 19.7. The Morgan fingerprint density at radius 2 is 1.48 bits per heavy atom. The minimum Gasteiger partial charge on any atom is -0.388 e. The van der Waals surface area contributed by atoms with Crippen molar-refractivity contribution in [3.63, 3.8) is 0 Å². The van der Waals surface area contributed by atoms with Crippen LogP contribution >= 0.6 is 11.8 Å². The molecule has 5 nitrogen and oxygen atoms in total. The summed E-state index contributed by atoms with van der Waals surface area (Å²) < 4.78 is 0. The van der Waals surface area contributed by atoms with Crippen LogP contribution in [0.2, 0.25) is 0 Å². The fraction of sp³-hybridized carbons (Fsp3) is 0.840. The van der Waals surface area contributed by atoms with Gasteiger partial charge in [-0.1, -0.05) is 83.3 Å². The van der Waals surface area contributed by atoms with Crippen molar-refractivity contribution < 1.29 is 14.7 Å². The molecule has 1 fully saturated rings. The molecule has 0 radical (unpaired) electrons. The molecule has 1 atom stereocenters. The molecule has 1 aliphatic rings. The van der Waals surface area contributed by atoms with E-state index in [4.69, 9.17) is 11.5 Å². The number of nitrogens with two attached hydrogens (primary N) is 2. The summed E-state index contributed by atoms with van der Waals surface area (Å²) in [6, 6.07) is 0. The van der Waals surface area contributed by atoms with Crippen molar-refractivity contribution in [1.82, 2.24) is 0 Å². The number of unbranched alkanes of at least 4 members (excludes halogenated alkanes) is 11. The number of hydrogen-bond acceptors (Lipinski definition) is 4. The highest BCUT2D eigenvalue weighted by atomic mass is 32.2. The van der Waals surface area contributed by atoms with Crippen LogP contribution in [0.1, 0.15) is 110 Å². The maximum absolute atomic E-state index is 11.4. The third kappa shape index (κ3) is 12.6. The van der Waals surface area contributed by atoms with Crippen molar-refractivity contribution in [2.24, 2.45) is 17.4 Å². The predicted molar refractivity (Wildman–Crippen MR) is 132 cm³/mol. The standard InChI is InChI=1S/C25H46N2O3S/c1-2-3-4-5-6-7-8-9-10-11-12-13-14-15-22(31-20-23(26)28)25(30)18-16-21(17-19-25)24(27)29/h14-15,21-22,30H,2-13,16-20H2,1H3,(H2,26,28)(H2,27,29). The Hall–Kier alpha value is -1.01. The van der Waals surface area contributed by atoms with Crippen molar-refractivity contribution in [3.8, 4) is 0 Å². The summed E-state index contributed by atoms with van der Waals surface area (Å²) >= 11 is 1.40. The monoisotopic (exact) mass is 454 g/mol. The molecule has 1 rings (SSSR count). The summed E-state index contributed by atoms with van der Waals surface area (Å²) in [7, 11) is 0. The molecular weight excluding hydrogens is 408 g/mol. The molecule has 0 heterocycles. The van der Waals surface area contributed by atoms with Crippen molar-refractivity contribution >= 4 is 23.6 Å². The smallest absolute Gasteiger partial charge is 0.227 e. The fourth-order valence-corrected chi connectivity index (χ4v) is 5.51. The first kappa shape index (κ1) is 28.0. The second-order valence-electron chi connectivity index (χ2n) is 9.23. The van der Waals surface area contributed by atoms with E-state index < -0.39 is 5.60 Å². The van der Waals surface area contributed by atoms with Crippen molar-refractivity contribution in [2.75, 3.05) is 5.75 Å². The third-order valence-electron chi connectivity index (χ3n) is 6.47. The van der Waals surface area contributed by atoms with Gasteiger partial charge in [0.05, 0.1) is 16.6 Å². The Morgan fingerprint density at radius 3 is 1.97 bits per heavy atom. The minimum absolute atomic E-state index is 0.151. The van der Waals surface area contributed by atoms with E-state index in [1.54, 1.807) is 0 Å². The topological polar surface area (TPSA) is 106 Å². The fourth-order valence-electron chi connectivity index (χ4n) is 4.39. The molecule has 31 heavy (non-hydrogen) atoms. The summed E-state index contributed by atoms with van der Waals surface area (Å²) in [6.07, 6.45) is 22.0. The van der Waals surface area contributed by atoms with E-state index in [9.17, 15) is 14.7 Å². The number of carbonyl (C=O) groups is 2. The Kier molecular flexibility index (Phi) is 15.0. The summed E-state index contributed by atoms with van der Waals surface area (Å²) in [6.45, 7) is 2.26. The second-order valence-corrected chi connectivity index (χ2v) is 10.4. The number of allylic oxidation sites excluding steroid dienone is 1. The summed E-state index contributed by atoms with van der Waals surface area (Å²) in [5.74, 6) is -0.615. The Balaban J connectivity index is 2.27. The molecule has 6 heteroatoms. The van der Waals surface area contributed by atoms with Gasteiger partial charge in [-0.25, -0.2) is 0 Å². The number of amides is 2. The van der Waals surface area contributed by atoms with Crippen LogP contribution in [0, 0.1) is 5.92 Å². The maximum atomic E-state index is 11.4. The van der Waals surface area contributed by atoms with Crippen molar-refractivity contribution in [1.29, 1.82) is 0 Å². The van der Waals surface area contributed by atoms with Gasteiger partial charge in [-0.15, -0.1) is 11.8 Å². The molecule has 1 unspecified atom stereocenters. The first-order chi connectivity index (χ1) is 14.9. The number of rotatable bonds is 18. The van der Waals surface area contributed by atoms with Gasteiger partial charge in [-0.05, 0) is 38.5 Å². The van der Waals surface area contributed by atoms with Crippen molar-refractivity contribution in [2.45, 2.75) is 121 Å². The molecule has 1 saturated carbocycles. The minimum atomic E-state index is -0.903. The quantitative estimate of drug-likeness (QED) is 0.194. The van der Waals surface area contributed by atoms with E-state index in [2.05, 4.69) is 19.1 Å². The average molecular weight is 455 g/mol. The first-order valence-corrected chi connectivity index (χ1v) is 13.5. The van der Waals surface area contributed by atoms with Crippen LogP contribution in [-0.2, 0) is 9.59 Å². The summed E-state index contributed by atoms with van der Waals surface area (Å²) in [5, 5.41) is 11.0. The highest BCUT2D eigenvalue weighted by Crippen LogP contribution is 2.39. The predicted octanol–water partition coefficient (Wildman–Crippen LogP) is 5.24. The Labute approximate surface area is 194 Å². The first-order valence-electron chi connectivity index (χ1n) is 12.5. The van der Waals surface area contributed by atoms with E-state index in [1.165, 1.54) is 76.0 Å². The molecule has 2 amide bonds. The van der Waals surface area contributed by atoms with Gasteiger partial charge >= 0.3 is 0 Å². The lowest BCUT2D eigenvalue weighted by molar-refractivity contribution is -0.124. The maximum Gasteiger partial charge on any atom is 0.227 e. The van der Waals surface area contributed by atoms with Gasteiger partial charge in [-0.2, -0.15) is 0 Å². The third-order valence-corrected chi connectivity index (χ3v) is 7.88. The zero-order chi connectivity index (χ0) is 23.0. The Bertz CT molecular complexity index is 531. The van der Waals surface area contributed by atoms with Crippen LogP contribution in [0.4, 0.5) is 0 Å². The number of primary amides is 2. The van der Waals surface area contributed by atoms with E-state index in [-0.39, 0.29) is 28.7 Å². The molecule has 0 aromatic rings. The van der Waals surface area contributed by atoms with Crippen LogP contribution < -0.4 is 11.5 Å². The van der Waals surface area contributed by atoms with Gasteiger partial charge in [-0.3, -0.25) is 9.59 Å². The summed E-state index contributed by atoms with van der Waals surface area (Å²) in [4.78, 5) is 22.7. The molecule has 1 aliphatic carbocycles. The van der Waals surface area contributed by atoms with Crippen LogP contribution in [0.25, 0.3) is 0 Å². The molecule has 180 valence electrons. The SMILES string of the molecule is CCCCCCCCCCCCCC=CC(SCC(N)=O)C1(O)CCC(C(N)=O)CC1. The molecule has 0 spiro atoms. The largest absolute Gasteiger partial charge is 0.388 e. The molecule has 0 saturated heterocycles. The van der Waals surface area contributed by atoms with E-state index in [1.807, 2.05) is 0 Å². The van der Waals surface area contributed by atoms with Crippen LogP contribution in [-0.4, -0.2) is 33.5 Å². The molecule has 0 bridgehead atoms. The lowest BCUT2D eigenvalue weighted by Crippen LogP contribution is -2.45. The number of carbonyl (C=O) groups excluding carboxylic acids is 2. The molecule has 0 aromatic heterocycles. The van der Waals surface area contributed by atoms with Gasteiger partial charge in [0.15, 0.2) is 0 Å². The number of hydrogen-bond donors (Lipinski definition) is 3. The zero-order valence-corrected chi connectivity index (χ0v) is 20.5. The van der Waals surface area contributed by atoms with Gasteiger partial charge in [0, 0.05) is 5.92 Å². The number of aliphatic hydroxyl groups is 1. The van der Waals surface area contributed by atoms with Crippen molar-refractivity contribution in [3.05, 3.63) is 12.2 Å². The molecule has 0 aromatic carbocycles. The lowest BCUT2D eigenvalue weighted by atomic mass is 9.76. The van der Waals surface area contributed by atoms with Crippen LogP contribution in [0.15, 0.2) is 12.2 Å².